The van der Waals surface area contributed by atoms with Crippen LogP contribution in [0.3, 0.4) is 0 Å². The number of fused-ring (bicyclic) bond motifs is 1. The molecule has 0 spiro atoms. The maximum absolute atomic E-state index is 11.8. The van der Waals surface area contributed by atoms with Crippen molar-refractivity contribution in [2.75, 3.05) is 19.9 Å². The van der Waals surface area contributed by atoms with Gasteiger partial charge < -0.3 is 24.8 Å². The zero-order valence-corrected chi connectivity index (χ0v) is 14.6. The molecule has 1 atom stereocenters. The molecule has 0 radical (unpaired) electrons. The van der Waals surface area contributed by atoms with Crippen LogP contribution in [-0.2, 0) is 0 Å². The number of carbonyl (C=O) groups is 1. The van der Waals surface area contributed by atoms with Gasteiger partial charge in [-0.25, -0.2) is 4.79 Å². The summed E-state index contributed by atoms with van der Waals surface area (Å²) in [5.41, 5.74) is 0. The molecule has 2 amide bonds. The highest BCUT2D eigenvalue weighted by Crippen LogP contribution is 2.30. The number of carbonyl (C=O) groups excluding carboxylic acids is 1. The Labute approximate surface area is 155 Å². The highest BCUT2D eigenvalue weighted by molar-refractivity contribution is 6.35. The number of urea groups is 1. The standard InChI is InChI=1S/C17H16Cl2N2O4/c18-11-5-6-14(13(19)7-11)24-10-21-17(22)20-8-12-9-23-15-3-1-2-4-16(15)25-12/h1-7,12H,8-10H2,(H2,20,21,22). The normalized spacial score (nSPS) is 15.4. The molecule has 0 aliphatic carbocycles. The van der Waals surface area contributed by atoms with E-state index in [0.29, 0.717) is 40.4 Å². The van der Waals surface area contributed by atoms with Gasteiger partial charge in [0.15, 0.2) is 24.3 Å². The van der Waals surface area contributed by atoms with Crippen molar-refractivity contribution in [3.8, 4) is 17.2 Å². The molecule has 0 aromatic heterocycles. The first kappa shape index (κ1) is 17.5. The lowest BCUT2D eigenvalue weighted by Gasteiger charge is -2.26. The van der Waals surface area contributed by atoms with E-state index in [1.807, 2.05) is 24.3 Å². The van der Waals surface area contributed by atoms with E-state index in [9.17, 15) is 4.79 Å². The maximum atomic E-state index is 11.8. The van der Waals surface area contributed by atoms with Gasteiger partial charge in [-0.1, -0.05) is 35.3 Å². The molecule has 2 N–H and O–H groups in total. The predicted molar refractivity (Wildman–Crippen MR) is 94.8 cm³/mol. The highest BCUT2D eigenvalue weighted by Gasteiger charge is 2.20. The SMILES string of the molecule is O=C(NCOc1ccc(Cl)cc1Cl)NCC1COc2ccccc2O1. The van der Waals surface area contributed by atoms with Crippen molar-refractivity contribution in [1.29, 1.82) is 0 Å². The summed E-state index contributed by atoms with van der Waals surface area (Å²) in [6.07, 6.45) is -0.257. The van der Waals surface area contributed by atoms with E-state index in [1.165, 1.54) is 0 Å². The van der Waals surface area contributed by atoms with Crippen molar-refractivity contribution in [2.45, 2.75) is 6.10 Å². The number of para-hydroxylation sites is 2. The van der Waals surface area contributed by atoms with E-state index in [4.69, 9.17) is 37.4 Å². The lowest BCUT2D eigenvalue weighted by Crippen LogP contribution is -2.45. The third kappa shape index (κ3) is 4.84. The number of hydrogen-bond donors (Lipinski definition) is 2. The van der Waals surface area contributed by atoms with Crippen LogP contribution in [0.1, 0.15) is 0 Å². The molecule has 0 fully saturated rings. The van der Waals surface area contributed by atoms with Crippen LogP contribution >= 0.6 is 23.2 Å². The van der Waals surface area contributed by atoms with Gasteiger partial charge >= 0.3 is 6.03 Å². The van der Waals surface area contributed by atoms with E-state index in [0.717, 1.165) is 0 Å². The minimum Gasteiger partial charge on any atom is -0.486 e. The van der Waals surface area contributed by atoms with Crippen LogP contribution in [0.5, 0.6) is 17.2 Å². The molecule has 132 valence electrons. The Bertz CT molecular complexity index is 757. The molecule has 2 aromatic rings. The summed E-state index contributed by atoms with van der Waals surface area (Å²) in [5, 5.41) is 6.16. The molecule has 1 heterocycles. The molecule has 8 heteroatoms. The molecular formula is C17H16Cl2N2O4. The van der Waals surface area contributed by atoms with Crippen molar-refractivity contribution in [2.24, 2.45) is 0 Å². The summed E-state index contributed by atoms with van der Waals surface area (Å²) in [6.45, 7) is 0.647. The van der Waals surface area contributed by atoms with Crippen molar-refractivity contribution in [1.82, 2.24) is 10.6 Å². The molecule has 1 aliphatic heterocycles. The van der Waals surface area contributed by atoms with E-state index >= 15 is 0 Å². The molecular weight excluding hydrogens is 367 g/mol. The third-order valence-corrected chi connectivity index (χ3v) is 3.94. The average molecular weight is 383 g/mol. The van der Waals surface area contributed by atoms with Crippen LogP contribution < -0.4 is 24.8 Å². The van der Waals surface area contributed by atoms with E-state index in [1.54, 1.807) is 18.2 Å². The van der Waals surface area contributed by atoms with Gasteiger partial charge in [0.2, 0.25) is 0 Å². The fourth-order valence-electron chi connectivity index (χ4n) is 2.20. The van der Waals surface area contributed by atoms with Gasteiger partial charge in [-0.15, -0.1) is 0 Å². The van der Waals surface area contributed by atoms with Gasteiger partial charge in [0, 0.05) is 5.02 Å². The van der Waals surface area contributed by atoms with Crippen molar-refractivity contribution < 1.29 is 19.0 Å². The average Bonchev–Trinajstić information content (AvgIpc) is 2.61. The summed E-state index contributed by atoms with van der Waals surface area (Å²) < 4.78 is 16.7. The van der Waals surface area contributed by atoms with E-state index in [2.05, 4.69) is 10.6 Å². The van der Waals surface area contributed by atoms with Crippen molar-refractivity contribution in [3.63, 3.8) is 0 Å². The number of amides is 2. The Hall–Kier alpha value is -2.31. The lowest BCUT2D eigenvalue weighted by molar-refractivity contribution is 0.0915. The second-order valence-electron chi connectivity index (χ2n) is 5.25. The van der Waals surface area contributed by atoms with Gasteiger partial charge in [0.1, 0.15) is 12.4 Å². The van der Waals surface area contributed by atoms with Crippen LogP contribution in [0, 0.1) is 0 Å². The first-order valence-corrected chi connectivity index (χ1v) is 8.35. The molecule has 3 rings (SSSR count). The number of rotatable bonds is 5. The summed E-state index contributed by atoms with van der Waals surface area (Å²) in [5.74, 6) is 1.81. The molecule has 0 saturated heterocycles. The van der Waals surface area contributed by atoms with E-state index < -0.39 is 0 Å². The molecule has 1 unspecified atom stereocenters. The minimum absolute atomic E-state index is 0.0297. The summed E-state index contributed by atoms with van der Waals surface area (Å²) in [7, 11) is 0. The second kappa shape index (κ2) is 8.18. The van der Waals surface area contributed by atoms with Crippen LogP contribution in [0.4, 0.5) is 4.79 Å². The predicted octanol–water partition coefficient (Wildman–Crippen LogP) is 3.47. The summed E-state index contributed by atoms with van der Waals surface area (Å²) in [4.78, 5) is 11.8. The summed E-state index contributed by atoms with van der Waals surface area (Å²) >= 11 is 11.8. The van der Waals surface area contributed by atoms with Gasteiger partial charge in [-0.3, -0.25) is 0 Å². The molecule has 0 saturated carbocycles. The highest BCUT2D eigenvalue weighted by atomic mass is 35.5. The smallest absolute Gasteiger partial charge is 0.317 e. The van der Waals surface area contributed by atoms with Crippen molar-refractivity contribution >= 4 is 29.2 Å². The molecule has 2 aromatic carbocycles. The van der Waals surface area contributed by atoms with Crippen LogP contribution in [0.2, 0.25) is 10.0 Å². The molecule has 0 bridgehead atoms. The Morgan fingerprint density at radius 2 is 1.96 bits per heavy atom. The first-order chi connectivity index (χ1) is 12.1. The van der Waals surface area contributed by atoms with Gasteiger partial charge in [-0.2, -0.15) is 0 Å². The minimum atomic E-state index is -0.382. The van der Waals surface area contributed by atoms with Crippen molar-refractivity contribution in [3.05, 3.63) is 52.5 Å². The van der Waals surface area contributed by atoms with Gasteiger partial charge in [-0.05, 0) is 30.3 Å². The first-order valence-electron chi connectivity index (χ1n) is 7.60. The fraction of sp³-hybridized carbons (Fsp3) is 0.235. The molecule has 25 heavy (non-hydrogen) atoms. The Morgan fingerprint density at radius 1 is 1.16 bits per heavy atom. The maximum Gasteiger partial charge on any atom is 0.317 e. The second-order valence-corrected chi connectivity index (χ2v) is 6.09. The third-order valence-electron chi connectivity index (χ3n) is 3.41. The van der Waals surface area contributed by atoms with Gasteiger partial charge in [0.05, 0.1) is 11.6 Å². The zero-order valence-electron chi connectivity index (χ0n) is 13.1. The number of benzene rings is 2. The van der Waals surface area contributed by atoms with Crippen LogP contribution in [0.15, 0.2) is 42.5 Å². The van der Waals surface area contributed by atoms with E-state index in [-0.39, 0.29) is 18.9 Å². The Balaban J connectivity index is 1.39. The van der Waals surface area contributed by atoms with Gasteiger partial charge in [0.25, 0.3) is 0 Å². The zero-order chi connectivity index (χ0) is 17.6. The summed E-state index contributed by atoms with van der Waals surface area (Å²) in [6, 6.07) is 11.9. The lowest BCUT2D eigenvalue weighted by atomic mass is 10.2. The number of ether oxygens (including phenoxy) is 3. The number of halogens is 2. The molecule has 1 aliphatic rings. The monoisotopic (exact) mass is 382 g/mol. The van der Waals surface area contributed by atoms with Crippen LogP contribution in [-0.4, -0.2) is 32.0 Å². The number of nitrogens with one attached hydrogen (secondary N) is 2. The Kier molecular flexibility index (Phi) is 5.73. The topological polar surface area (TPSA) is 68.8 Å². The van der Waals surface area contributed by atoms with Crippen LogP contribution in [0.25, 0.3) is 0 Å². The quantitative estimate of drug-likeness (QED) is 0.776. The number of hydrogen-bond acceptors (Lipinski definition) is 4. The fourth-order valence-corrected chi connectivity index (χ4v) is 2.67. The largest absolute Gasteiger partial charge is 0.486 e. The Morgan fingerprint density at radius 3 is 2.76 bits per heavy atom. The molecule has 6 nitrogen and oxygen atoms in total.